The number of nitrogens with zero attached hydrogens (tertiary/aromatic N) is 5. The highest BCUT2D eigenvalue weighted by Gasteiger charge is 2.36. The van der Waals surface area contributed by atoms with E-state index in [9.17, 15) is 14.4 Å². The molecule has 3 heterocycles. The zero-order valence-electron chi connectivity index (χ0n) is 15.1. The van der Waals surface area contributed by atoms with Gasteiger partial charge < -0.3 is 15.1 Å². The molecule has 0 saturated carbocycles. The quantitative estimate of drug-likeness (QED) is 0.735. The summed E-state index contributed by atoms with van der Waals surface area (Å²) >= 11 is 1.41. The summed E-state index contributed by atoms with van der Waals surface area (Å²) in [6.07, 6.45) is 2.00. The van der Waals surface area contributed by atoms with E-state index in [1.165, 1.54) is 11.3 Å². The average Bonchev–Trinajstić information content (AvgIpc) is 3.30. The Hall–Kier alpha value is -2.23. The van der Waals surface area contributed by atoms with Crippen molar-refractivity contribution in [3.05, 3.63) is 5.01 Å². The first-order valence-electron chi connectivity index (χ1n) is 8.90. The first-order chi connectivity index (χ1) is 12.5. The van der Waals surface area contributed by atoms with Crippen molar-refractivity contribution < 1.29 is 14.4 Å². The SMILES string of the molecule is CCCc1nnc(N2CC(C(=O)NCCN3CCN(C)C3=O)CC2=O)s1. The molecule has 0 aromatic carbocycles. The minimum Gasteiger partial charge on any atom is -0.354 e. The van der Waals surface area contributed by atoms with Gasteiger partial charge in [-0.3, -0.25) is 14.5 Å². The van der Waals surface area contributed by atoms with Crippen LogP contribution in [0.4, 0.5) is 9.93 Å². The van der Waals surface area contributed by atoms with E-state index in [1.54, 1.807) is 21.7 Å². The van der Waals surface area contributed by atoms with Gasteiger partial charge in [-0.1, -0.05) is 18.3 Å². The average molecular weight is 380 g/mol. The number of rotatable bonds is 7. The van der Waals surface area contributed by atoms with E-state index >= 15 is 0 Å². The number of anilines is 1. The van der Waals surface area contributed by atoms with Crippen LogP contribution in [-0.2, 0) is 16.0 Å². The van der Waals surface area contributed by atoms with Gasteiger partial charge >= 0.3 is 6.03 Å². The second kappa shape index (κ2) is 7.98. The Morgan fingerprint density at radius 1 is 1.31 bits per heavy atom. The summed E-state index contributed by atoms with van der Waals surface area (Å²) in [5, 5.41) is 12.5. The number of hydrogen-bond donors (Lipinski definition) is 1. The maximum absolute atomic E-state index is 12.4. The van der Waals surface area contributed by atoms with Gasteiger partial charge in [0.05, 0.1) is 5.92 Å². The van der Waals surface area contributed by atoms with Gasteiger partial charge in [0.2, 0.25) is 16.9 Å². The number of carbonyl (C=O) groups is 3. The van der Waals surface area contributed by atoms with E-state index in [4.69, 9.17) is 0 Å². The first kappa shape index (κ1) is 18.6. The molecule has 26 heavy (non-hydrogen) atoms. The lowest BCUT2D eigenvalue weighted by molar-refractivity contribution is -0.126. The van der Waals surface area contributed by atoms with Crippen molar-refractivity contribution in [2.24, 2.45) is 5.92 Å². The summed E-state index contributed by atoms with van der Waals surface area (Å²) in [6, 6.07) is -0.0133. The number of nitrogens with one attached hydrogen (secondary N) is 1. The van der Waals surface area contributed by atoms with Crippen molar-refractivity contribution in [1.29, 1.82) is 0 Å². The molecule has 1 aromatic heterocycles. The van der Waals surface area contributed by atoms with Crippen LogP contribution in [-0.4, -0.2) is 77.6 Å². The largest absolute Gasteiger partial charge is 0.354 e. The van der Waals surface area contributed by atoms with Crippen LogP contribution in [0.15, 0.2) is 0 Å². The fraction of sp³-hybridized carbons (Fsp3) is 0.688. The second-order valence-corrected chi connectivity index (χ2v) is 7.66. The van der Waals surface area contributed by atoms with Crippen LogP contribution in [0.5, 0.6) is 0 Å². The van der Waals surface area contributed by atoms with Crippen molar-refractivity contribution in [3.8, 4) is 0 Å². The van der Waals surface area contributed by atoms with E-state index in [0.717, 1.165) is 17.8 Å². The number of urea groups is 1. The molecule has 2 saturated heterocycles. The Balaban J connectivity index is 1.48. The number of aryl methyl sites for hydroxylation is 1. The normalized spacial score (nSPS) is 20.4. The van der Waals surface area contributed by atoms with Crippen LogP contribution >= 0.6 is 11.3 Å². The maximum Gasteiger partial charge on any atom is 0.319 e. The molecule has 9 nitrogen and oxygen atoms in total. The van der Waals surface area contributed by atoms with Crippen molar-refractivity contribution in [2.75, 3.05) is 44.7 Å². The van der Waals surface area contributed by atoms with Gasteiger partial charge in [0.1, 0.15) is 5.01 Å². The van der Waals surface area contributed by atoms with E-state index in [0.29, 0.717) is 37.9 Å². The molecule has 3 rings (SSSR count). The topological polar surface area (TPSA) is 98.7 Å². The molecule has 10 heteroatoms. The van der Waals surface area contributed by atoms with E-state index in [-0.39, 0.29) is 24.3 Å². The fourth-order valence-corrected chi connectivity index (χ4v) is 4.07. The van der Waals surface area contributed by atoms with Crippen molar-refractivity contribution >= 4 is 34.3 Å². The van der Waals surface area contributed by atoms with Crippen molar-refractivity contribution in [1.82, 2.24) is 25.3 Å². The fourth-order valence-electron chi connectivity index (χ4n) is 3.11. The van der Waals surface area contributed by atoms with Crippen LogP contribution < -0.4 is 10.2 Å². The highest BCUT2D eigenvalue weighted by molar-refractivity contribution is 7.15. The zero-order chi connectivity index (χ0) is 18.7. The van der Waals surface area contributed by atoms with Gasteiger partial charge in [0.15, 0.2) is 0 Å². The van der Waals surface area contributed by atoms with E-state index in [2.05, 4.69) is 22.4 Å². The van der Waals surface area contributed by atoms with Crippen LogP contribution in [0, 0.1) is 5.92 Å². The Morgan fingerprint density at radius 3 is 2.81 bits per heavy atom. The van der Waals surface area contributed by atoms with Crippen LogP contribution in [0.25, 0.3) is 0 Å². The summed E-state index contributed by atoms with van der Waals surface area (Å²) in [5.74, 6) is -0.641. The molecule has 1 N–H and O–H groups in total. The molecule has 1 aromatic rings. The predicted octanol–water partition coefficient (Wildman–Crippen LogP) is 0.327. The zero-order valence-corrected chi connectivity index (χ0v) is 15.9. The Bertz CT molecular complexity index is 693. The van der Waals surface area contributed by atoms with E-state index < -0.39 is 5.92 Å². The monoisotopic (exact) mass is 380 g/mol. The minimum atomic E-state index is -0.391. The summed E-state index contributed by atoms with van der Waals surface area (Å²) in [4.78, 5) is 41.3. The van der Waals surface area contributed by atoms with Gasteiger partial charge in [0, 0.05) is 52.6 Å². The lowest BCUT2D eigenvalue weighted by atomic mass is 10.1. The minimum absolute atomic E-state index is 0.0133. The van der Waals surface area contributed by atoms with Gasteiger partial charge in [-0.2, -0.15) is 0 Å². The molecule has 142 valence electrons. The predicted molar refractivity (Wildman–Crippen MR) is 97.0 cm³/mol. The maximum atomic E-state index is 12.4. The number of aromatic nitrogens is 2. The third-order valence-electron chi connectivity index (χ3n) is 4.63. The highest BCUT2D eigenvalue weighted by atomic mass is 32.1. The molecule has 2 aliphatic rings. The summed E-state index contributed by atoms with van der Waals surface area (Å²) in [6.45, 7) is 4.66. The molecular weight excluding hydrogens is 356 g/mol. The summed E-state index contributed by atoms with van der Waals surface area (Å²) in [5.41, 5.74) is 0. The lowest BCUT2D eigenvalue weighted by Gasteiger charge is -2.17. The molecule has 2 fully saturated rings. The van der Waals surface area contributed by atoms with Crippen LogP contribution in [0.1, 0.15) is 24.8 Å². The van der Waals surface area contributed by atoms with Crippen molar-refractivity contribution in [2.45, 2.75) is 26.2 Å². The van der Waals surface area contributed by atoms with Crippen molar-refractivity contribution in [3.63, 3.8) is 0 Å². The number of carbonyl (C=O) groups excluding carboxylic acids is 3. The Kier molecular flexibility index (Phi) is 5.70. The van der Waals surface area contributed by atoms with Gasteiger partial charge in [0.25, 0.3) is 0 Å². The standard InChI is InChI=1S/C16H24N6O3S/c1-3-4-12-18-19-15(26-12)22-10-11(9-13(22)23)14(24)17-5-6-21-8-7-20(2)16(21)25/h11H,3-10H2,1-2H3,(H,17,24). The smallest absolute Gasteiger partial charge is 0.319 e. The summed E-state index contributed by atoms with van der Waals surface area (Å²) < 4.78 is 0. The molecule has 0 radical (unpaired) electrons. The molecule has 0 bridgehead atoms. The third kappa shape index (κ3) is 3.95. The second-order valence-electron chi connectivity index (χ2n) is 6.62. The van der Waals surface area contributed by atoms with Crippen LogP contribution in [0.2, 0.25) is 0 Å². The number of hydrogen-bond acceptors (Lipinski definition) is 6. The summed E-state index contributed by atoms with van der Waals surface area (Å²) in [7, 11) is 1.76. The molecule has 0 spiro atoms. The first-order valence-corrected chi connectivity index (χ1v) is 9.71. The molecule has 1 unspecified atom stereocenters. The van der Waals surface area contributed by atoms with E-state index in [1.807, 2.05) is 0 Å². The molecule has 0 aliphatic carbocycles. The third-order valence-corrected chi connectivity index (χ3v) is 5.64. The Labute approximate surface area is 156 Å². The highest BCUT2D eigenvalue weighted by Crippen LogP contribution is 2.28. The van der Waals surface area contributed by atoms with Gasteiger partial charge in [-0.05, 0) is 6.42 Å². The molecule has 1 atom stereocenters. The van der Waals surface area contributed by atoms with Gasteiger partial charge in [-0.25, -0.2) is 4.79 Å². The van der Waals surface area contributed by atoms with Crippen LogP contribution in [0.3, 0.4) is 0 Å². The Morgan fingerprint density at radius 2 is 2.12 bits per heavy atom. The van der Waals surface area contributed by atoms with Gasteiger partial charge in [-0.15, -0.1) is 10.2 Å². The molecular formula is C16H24N6O3S. The molecule has 4 amide bonds. The number of likely N-dealkylation sites (N-methyl/N-ethyl adjacent to an activating group) is 1. The molecule has 2 aliphatic heterocycles. The number of amides is 4. The lowest BCUT2D eigenvalue weighted by Crippen LogP contribution is -2.39.